The van der Waals surface area contributed by atoms with Crippen LogP contribution in [0.5, 0.6) is 0 Å². The molecule has 0 aliphatic carbocycles. The van der Waals surface area contributed by atoms with Crippen molar-refractivity contribution in [1.29, 1.82) is 10.8 Å². The van der Waals surface area contributed by atoms with E-state index in [-0.39, 0.29) is 82.8 Å². The highest BCUT2D eigenvalue weighted by atomic mass is 16.2. The third-order valence-electron chi connectivity index (χ3n) is 18.4. The molecule has 4 heterocycles. The molecule has 0 fully saturated rings. The van der Waals surface area contributed by atoms with Crippen LogP contribution in [0.1, 0.15) is 79.5 Å². The molecule has 105 heavy (non-hydrogen) atoms. The molecule has 9 amide bonds. The summed E-state index contributed by atoms with van der Waals surface area (Å²) in [7, 11) is 0. The molecule has 5 aromatic carbocycles. The fourth-order valence-corrected chi connectivity index (χ4v) is 12.5. The van der Waals surface area contributed by atoms with Crippen molar-refractivity contribution in [2.24, 2.45) is 28.9 Å². The Hall–Kier alpha value is -12.3. The molecule has 4 aromatic heterocycles. The van der Waals surface area contributed by atoms with Gasteiger partial charge in [-0.25, -0.2) is 4.98 Å². The van der Waals surface area contributed by atoms with Crippen LogP contribution in [0.3, 0.4) is 0 Å². The van der Waals surface area contributed by atoms with Crippen molar-refractivity contribution in [3.63, 3.8) is 0 Å². The summed E-state index contributed by atoms with van der Waals surface area (Å²) in [4.78, 5) is 149. The average Bonchev–Trinajstić information content (AvgIpc) is 1.73. The molecule has 0 aliphatic rings. The highest BCUT2D eigenvalue weighted by molar-refractivity contribution is 6.00. The number of aromatic amines is 4. The van der Waals surface area contributed by atoms with E-state index in [1.165, 1.54) is 12.5 Å². The number of rotatable bonds is 39. The minimum atomic E-state index is -1.49. The number of hydrogen-bond acceptors (Lipinski definition) is 13. The van der Waals surface area contributed by atoms with E-state index in [1.807, 2.05) is 79.7 Å². The van der Waals surface area contributed by atoms with E-state index in [4.69, 9.17) is 33.8 Å². The Bertz CT molecular complexity index is 4460. The van der Waals surface area contributed by atoms with E-state index in [0.717, 1.165) is 27.3 Å². The van der Waals surface area contributed by atoms with E-state index in [9.17, 15) is 19.2 Å². The van der Waals surface area contributed by atoms with Crippen LogP contribution in [0.25, 0.3) is 32.7 Å². The number of carbonyl (C=O) groups is 9. The lowest BCUT2D eigenvalue weighted by Crippen LogP contribution is -2.62. The predicted octanol–water partition coefficient (Wildman–Crippen LogP) is 1.87. The van der Waals surface area contributed by atoms with Gasteiger partial charge in [-0.15, -0.1) is 0 Å². The number of benzene rings is 5. The zero-order valence-electron chi connectivity index (χ0n) is 58.5. The molecule has 0 unspecified atom stereocenters. The van der Waals surface area contributed by atoms with Gasteiger partial charge in [0.05, 0.1) is 12.4 Å². The molecule has 0 bridgehead atoms. The Labute approximate surface area is 606 Å². The van der Waals surface area contributed by atoms with Crippen molar-refractivity contribution < 1.29 is 43.2 Å². The fourth-order valence-electron chi connectivity index (χ4n) is 12.5. The van der Waals surface area contributed by atoms with Gasteiger partial charge in [0, 0.05) is 115 Å². The molecule has 0 radical (unpaired) electrons. The van der Waals surface area contributed by atoms with Gasteiger partial charge >= 0.3 is 0 Å². The predicted molar refractivity (Wildman–Crippen MR) is 399 cm³/mol. The van der Waals surface area contributed by atoms with Crippen molar-refractivity contribution in [2.45, 2.75) is 139 Å². The van der Waals surface area contributed by atoms with Crippen LogP contribution < -0.4 is 76.1 Å². The molecule has 0 saturated heterocycles. The monoisotopic (exact) mass is 1430 g/mol. The number of amides is 9. The first-order chi connectivity index (χ1) is 50.6. The summed E-state index contributed by atoms with van der Waals surface area (Å²) in [5.41, 5.74) is 29.3. The Morgan fingerprint density at radius 3 is 1.19 bits per heavy atom. The largest absolute Gasteiger partial charge is 0.370 e. The van der Waals surface area contributed by atoms with E-state index in [1.54, 1.807) is 86.2 Å². The van der Waals surface area contributed by atoms with Crippen LogP contribution in [0.2, 0.25) is 0 Å². The number of imidazole rings is 1. The van der Waals surface area contributed by atoms with Gasteiger partial charge in [-0.3, -0.25) is 54.0 Å². The lowest BCUT2D eigenvalue weighted by atomic mass is 9.96. The smallest absolute Gasteiger partial charge is 0.243 e. The van der Waals surface area contributed by atoms with Crippen molar-refractivity contribution in [2.75, 3.05) is 13.1 Å². The normalized spacial score (nSPS) is 14.1. The molecule has 0 spiro atoms. The number of nitrogens with zero attached hydrogens (tertiary/aromatic N) is 1. The van der Waals surface area contributed by atoms with E-state index in [2.05, 4.69) is 78.1 Å². The fraction of sp³-hybridized carbons (Fsp3) is 0.333. The summed E-state index contributed by atoms with van der Waals surface area (Å²) >= 11 is 0. The quantitative estimate of drug-likeness (QED) is 0.0149. The van der Waals surface area contributed by atoms with Crippen molar-refractivity contribution in [3.8, 4) is 0 Å². The molecule has 552 valence electrons. The minimum absolute atomic E-state index is 0.0206. The first-order valence-corrected chi connectivity index (χ1v) is 34.9. The van der Waals surface area contributed by atoms with E-state index >= 15 is 24.0 Å². The Morgan fingerprint density at radius 1 is 0.419 bits per heavy atom. The standard InChI is InChI=1S/C75H93N21O9/c1-3-43(2)64(73(105)95-59(32-44-18-6-4-7-19-44)68(100)90-58(65(77)97)37-49-41-82-42-88-49)96-72(104)60(33-45-20-8-5-9-21-45)92-71(103)63(36-48-40-87-56-28-15-12-24-52(48)56)93-67(99)57(29-17-31-84-75(80)81)89-69(101)62(35-47-39-86-55-27-14-11-23-51(47)55)94-70(102)61(34-46-38-85-54-26-13-10-22-50(46)54)91-66(98)53(76)25-16-30-83-74(78)79/h4-15,18-24,26-28,38-43,53,57-64,85-87H,3,16-17,25,29-37,76H2,1-2H3,(H2,77,97)(H,82,88)(H,89,101)(H,90,100)(H,91,98)(H,92,103)(H,93,99)(H,94,102)(H,95,105)(H,96,104)(H4,78,79,83)(H4,80,81,84)/t43-,53-,57-,58-,59+,60+,61-,62-,63+,64-/m0/s1. The number of fused-ring (bicyclic) bond motifs is 3. The zero-order valence-corrected chi connectivity index (χ0v) is 58.5. The first kappa shape index (κ1) is 76.8. The Morgan fingerprint density at radius 2 is 0.781 bits per heavy atom. The highest BCUT2D eigenvalue weighted by Crippen LogP contribution is 2.24. The van der Waals surface area contributed by atoms with Crippen LogP contribution in [0.4, 0.5) is 0 Å². The van der Waals surface area contributed by atoms with Gasteiger partial charge in [-0.2, -0.15) is 0 Å². The van der Waals surface area contributed by atoms with Gasteiger partial charge in [-0.05, 0) is 77.6 Å². The highest BCUT2D eigenvalue weighted by Gasteiger charge is 2.37. The number of carbonyl (C=O) groups excluding carboxylic acids is 9. The van der Waals surface area contributed by atoms with Crippen molar-refractivity contribution >= 4 is 97.8 Å². The molecule has 30 heteroatoms. The maximum atomic E-state index is 15.5. The Kier molecular flexibility index (Phi) is 27.5. The lowest BCUT2D eigenvalue weighted by molar-refractivity contribution is -0.136. The number of nitrogens with two attached hydrogens (primary N) is 4. The van der Waals surface area contributed by atoms with Crippen molar-refractivity contribution in [3.05, 3.63) is 198 Å². The van der Waals surface area contributed by atoms with Gasteiger partial charge in [0.1, 0.15) is 48.3 Å². The number of para-hydroxylation sites is 3. The second-order valence-corrected chi connectivity index (χ2v) is 26.1. The van der Waals surface area contributed by atoms with Gasteiger partial charge in [0.25, 0.3) is 0 Å². The molecule has 10 atom stereocenters. The van der Waals surface area contributed by atoms with Gasteiger partial charge < -0.3 is 96.0 Å². The van der Waals surface area contributed by atoms with E-state index < -0.39 is 113 Å². The summed E-state index contributed by atoms with van der Waals surface area (Å²) in [5.74, 6) is -8.21. The molecular formula is C75H93N21O9. The summed E-state index contributed by atoms with van der Waals surface area (Å²) < 4.78 is 0. The molecule has 30 nitrogen and oxygen atoms in total. The van der Waals surface area contributed by atoms with Crippen molar-refractivity contribution in [1.82, 2.24) is 78.1 Å². The first-order valence-electron chi connectivity index (χ1n) is 34.9. The summed E-state index contributed by atoms with van der Waals surface area (Å²) in [6, 6.07) is 27.7. The maximum Gasteiger partial charge on any atom is 0.243 e. The third kappa shape index (κ3) is 22.1. The third-order valence-corrected chi connectivity index (χ3v) is 18.4. The van der Waals surface area contributed by atoms with Crippen LogP contribution in [0, 0.1) is 16.7 Å². The zero-order chi connectivity index (χ0) is 74.9. The van der Waals surface area contributed by atoms with Gasteiger partial charge in [0.2, 0.25) is 53.2 Å². The van der Waals surface area contributed by atoms with Crippen LogP contribution in [-0.2, 0) is 81.7 Å². The topological polar surface area (TPSA) is 502 Å². The SMILES string of the molecule is CC[C@H](C)[C@H](NC(=O)[C@@H](Cc1ccccc1)NC(=O)[C@@H](Cc1c[nH]c2ccccc12)NC(=O)[C@H](CCCNC(=N)N)NC(=O)[C@H](Cc1c[nH]c2ccccc12)NC(=O)[C@H](Cc1c[nH]c2ccccc12)NC(=O)[C@@H](N)CCCNC(=N)N)C(=O)N[C@H](Cc1ccccc1)C(=O)N[C@@H](Cc1cnc[nH]1)C(N)=O. The van der Waals surface area contributed by atoms with Gasteiger partial charge in [0.15, 0.2) is 11.9 Å². The molecule has 0 saturated carbocycles. The molecule has 0 aliphatic heterocycles. The summed E-state index contributed by atoms with van der Waals surface area (Å²) in [5, 5.41) is 45.9. The molecule has 9 rings (SSSR count). The number of guanidine groups is 2. The van der Waals surface area contributed by atoms with Crippen LogP contribution in [-0.4, -0.2) is 157 Å². The summed E-state index contributed by atoms with van der Waals surface area (Å²) in [6.45, 7) is 3.90. The lowest BCUT2D eigenvalue weighted by Gasteiger charge is -2.30. The number of nitrogens with one attached hydrogen (secondary N) is 16. The van der Waals surface area contributed by atoms with Gasteiger partial charge in [-0.1, -0.05) is 136 Å². The molecular weight excluding hydrogens is 1340 g/mol. The summed E-state index contributed by atoms with van der Waals surface area (Å²) in [6.07, 6.45) is 8.41. The average molecular weight is 1430 g/mol. The Balaban J connectivity index is 1.01. The molecule has 9 aromatic rings. The number of aromatic nitrogens is 5. The minimum Gasteiger partial charge on any atom is -0.370 e. The van der Waals surface area contributed by atoms with E-state index in [0.29, 0.717) is 51.7 Å². The molecule has 24 N–H and O–H groups in total. The number of hydrogen-bond donors (Lipinski definition) is 20. The maximum absolute atomic E-state index is 15.5. The number of primary amides is 1. The second kappa shape index (κ2) is 37.5. The second-order valence-electron chi connectivity index (χ2n) is 26.1. The number of H-pyrrole nitrogens is 4. The van der Waals surface area contributed by atoms with Crippen LogP contribution in [0.15, 0.2) is 165 Å². The van der Waals surface area contributed by atoms with Crippen LogP contribution >= 0.6 is 0 Å².